The monoisotopic (exact) mass is 1300 g/mol. The van der Waals surface area contributed by atoms with E-state index in [1.54, 1.807) is 0 Å². The van der Waals surface area contributed by atoms with Crippen molar-refractivity contribution in [2.45, 2.75) is 0 Å². The van der Waals surface area contributed by atoms with Gasteiger partial charge in [0.1, 0.15) is 0 Å². The normalized spacial score (nSPS) is 12.2. The third kappa shape index (κ3) is 12.2. The van der Waals surface area contributed by atoms with E-state index in [2.05, 4.69) is 439 Å². The van der Waals surface area contributed by atoms with Gasteiger partial charge in [-0.3, -0.25) is 0 Å². The maximum absolute atomic E-state index is 2.50. The Balaban J connectivity index is 0.000000114. The Morgan fingerprint density at radius 3 is 0.882 bits per heavy atom. The van der Waals surface area contributed by atoms with Crippen LogP contribution in [0.5, 0.6) is 0 Å². The number of hydrogen-bond acceptors (Lipinski definition) is 3. The predicted octanol–water partition coefficient (Wildman–Crippen LogP) is 20.5. The molecule has 3 nitrogen and oxygen atoms in total. The average Bonchev–Trinajstić information content (AvgIpc) is 0.744. The van der Waals surface area contributed by atoms with E-state index >= 15 is 0 Å². The summed E-state index contributed by atoms with van der Waals surface area (Å²) >= 11 is 0. The number of anilines is 6. The van der Waals surface area contributed by atoms with Gasteiger partial charge >= 0.3 is 20.5 Å². The average molecular weight is 1300 g/mol. The van der Waals surface area contributed by atoms with Crippen LogP contribution < -0.4 is 47.2 Å². The highest BCUT2D eigenvalue weighted by atomic mass is 15.1. The van der Waals surface area contributed by atoms with Crippen LogP contribution in [-0.4, -0.2) is 20.5 Å². The van der Waals surface area contributed by atoms with Crippen LogP contribution in [0.15, 0.2) is 425 Å². The molecular formula is C96H70B3N3. The minimum Gasteiger partial charge on any atom is -0.376 e. The predicted molar refractivity (Wildman–Crippen MR) is 438 cm³/mol. The molecule has 3 aliphatic heterocycles. The van der Waals surface area contributed by atoms with Crippen molar-refractivity contribution in [2.75, 3.05) is 14.4 Å². The number of hydrogen-bond donors (Lipinski definition) is 0. The van der Waals surface area contributed by atoms with Crippen LogP contribution in [0.1, 0.15) is 0 Å². The largest absolute Gasteiger partial charge is 0.376 e. The first-order valence-corrected chi connectivity index (χ1v) is 35.3. The summed E-state index contributed by atoms with van der Waals surface area (Å²) < 4.78 is 0. The first-order chi connectivity index (χ1) is 50.7. The molecule has 478 valence electrons. The fourth-order valence-electron chi connectivity index (χ4n) is 15.6. The Labute approximate surface area is 600 Å². The molecule has 0 amide bonds. The van der Waals surface area contributed by atoms with Gasteiger partial charge in [0.2, 0.25) is 0 Å². The van der Waals surface area contributed by atoms with Gasteiger partial charge < -0.3 is 14.4 Å². The van der Waals surface area contributed by atoms with Crippen molar-refractivity contribution < 1.29 is 0 Å². The smallest absolute Gasteiger partial charge is 0.329 e. The Morgan fingerprint density at radius 2 is 0.422 bits per heavy atom. The molecule has 6 heteroatoms. The lowest BCUT2D eigenvalue weighted by Gasteiger charge is -2.39. The summed E-state index contributed by atoms with van der Waals surface area (Å²) in [6.45, 7) is 0.238. The van der Waals surface area contributed by atoms with E-state index in [9.17, 15) is 0 Å². The quantitative estimate of drug-likeness (QED) is 0.126. The van der Waals surface area contributed by atoms with Crippen LogP contribution >= 0.6 is 0 Å². The van der Waals surface area contributed by atoms with Crippen LogP contribution in [0, 0.1) is 0 Å². The molecule has 0 spiro atoms. The topological polar surface area (TPSA) is 9.72 Å². The van der Waals surface area contributed by atoms with Crippen LogP contribution in [0.25, 0.3) is 77.9 Å². The Morgan fingerprint density at radius 1 is 0.147 bits per heavy atom. The van der Waals surface area contributed by atoms with Crippen molar-refractivity contribution in [3.05, 3.63) is 425 Å². The van der Waals surface area contributed by atoms with Crippen molar-refractivity contribution in [3.63, 3.8) is 0 Å². The Kier molecular flexibility index (Phi) is 17.5. The van der Waals surface area contributed by atoms with Crippen LogP contribution in [0.4, 0.5) is 34.1 Å². The third-order valence-corrected chi connectivity index (χ3v) is 20.2. The molecule has 0 fully saturated rings. The van der Waals surface area contributed by atoms with E-state index < -0.39 is 0 Å². The van der Waals surface area contributed by atoms with Gasteiger partial charge in [0.25, 0.3) is 0 Å². The van der Waals surface area contributed by atoms with E-state index in [1.165, 1.54) is 145 Å². The maximum Gasteiger partial charge on any atom is 0.329 e. The minimum atomic E-state index is 0.0634. The lowest BCUT2D eigenvalue weighted by atomic mass is 9.44. The molecule has 0 radical (unpaired) electrons. The fourth-order valence-corrected chi connectivity index (χ4v) is 15.6. The molecule has 3 heterocycles. The first-order valence-electron chi connectivity index (χ1n) is 35.3. The lowest BCUT2D eigenvalue weighted by Crippen LogP contribution is -2.57. The zero-order valence-electron chi connectivity index (χ0n) is 56.5. The summed E-state index contributed by atoms with van der Waals surface area (Å²) in [5.41, 5.74) is 32.8. The molecule has 0 atom stereocenters. The molecule has 19 rings (SSSR count). The maximum atomic E-state index is 2.50. The molecule has 0 unspecified atom stereocenters. The van der Waals surface area contributed by atoms with Crippen molar-refractivity contribution in [3.8, 4) is 77.9 Å². The Hall–Kier alpha value is -12.9. The lowest BCUT2D eigenvalue weighted by molar-refractivity contribution is 1.36. The number of fused-ring (bicyclic) bond motifs is 9. The van der Waals surface area contributed by atoms with Crippen molar-refractivity contribution >= 4 is 87.4 Å². The molecular weight excluding hydrogens is 1230 g/mol. The second-order valence-corrected chi connectivity index (χ2v) is 26.2. The molecule has 3 aliphatic rings. The summed E-state index contributed by atoms with van der Waals surface area (Å²) in [5, 5.41) is 0. The molecule has 0 saturated heterocycles. The highest BCUT2D eigenvalue weighted by Gasteiger charge is 2.41. The summed E-state index contributed by atoms with van der Waals surface area (Å²) in [5.74, 6) is 0. The van der Waals surface area contributed by atoms with E-state index in [1.807, 2.05) is 0 Å². The molecule has 0 bridgehead atoms. The van der Waals surface area contributed by atoms with Crippen LogP contribution in [-0.2, 0) is 0 Å². The molecule has 16 aromatic rings. The zero-order chi connectivity index (χ0) is 68.0. The van der Waals surface area contributed by atoms with Gasteiger partial charge in [0, 0.05) is 50.8 Å². The van der Waals surface area contributed by atoms with Crippen LogP contribution in [0.3, 0.4) is 0 Å². The second-order valence-electron chi connectivity index (χ2n) is 26.2. The van der Waals surface area contributed by atoms with Gasteiger partial charge in [-0.15, -0.1) is 0 Å². The van der Waals surface area contributed by atoms with Crippen LogP contribution in [0.2, 0.25) is 0 Å². The van der Waals surface area contributed by atoms with Gasteiger partial charge in [-0.05, 0) is 150 Å². The van der Waals surface area contributed by atoms with Gasteiger partial charge in [0.05, 0.1) is 0 Å². The summed E-state index contributed by atoms with van der Waals surface area (Å²) in [4.78, 5) is 7.48. The van der Waals surface area contributed by atoms with E-state index in [0.29, 0.717) is 0 Å². The van der Waals surface area contributed by atoms with Gasteiger partial charge in [-0.2, -0.15) is 0 Å². The Bertz CT molecular complexity index is 5410. The number of nitrogens with zero attached hydrogens (tertiary/aromatic N) is 3. The first kappa shape index (κ1) is 62.6. The van der Waals surface area contributed by atoms with Gasteiger partial charge in [-0.1, -0.05) is 369 Å². The highest BCUT2D eigenvalue weighted by Crippen LogP contribution is 2.45. The third-order valence-electron chi connectivity index (χ3n) is 20.2. The fraction of sp³-hybridized carbons (Fsp3) is 0. The second kappa shape index (κ2) is 28.5. The SMILES string of the molecule is c1ccc(-c2ccc(B3c4ccccc4-c4ccccc4N3c3ccccc3)cc2)cc1.c1ccc(-c2ccccc2B2c3ccccc3-c3ccccc3N2c2ccccc2)cc1.c1ccc(B2c3ccc(-c4ccccc4)cc3-c3cc(-c4ccccc4)ccc3N2c2ccccc2)cc1. The van der Waals surface area contributed by atoms with Crippen molar-refractivity contribution in [1.82, 2.24) is 0 Å². The molecule has 0 saturated carbocycles. The summed E-state index contributed by atoms with van der Waals surface area (Å²) in [6.07, 6.45) is 0. The van der Waals surface area contributed by atoms with E-state index in [-0.39, 0.29) is 20.5 Å². The molecule has 16 aromatic carbocycles. The number of rotatable bonds is 10. The number of para-hydroxylation sites is 5. The molecule has 0 aliphatic carbocycles. The number of benzene rings is 16. The summed E-state index contributed by atoms with van der Waals surface area (Å²) in [6, 6.07) is 153. The minimum absolute atomic E-state index is 0.0634. The zero-order valence-corrected chi connectivity index (χ0v) is 56.5. The standard InChI is InChI=1S/C36H26BN.2C30H22BN/c1-5-13-27(14-6-1)29-21-23-35-33(25-29)34-26-30(28-15-7-2-8-16-28)22-24-36(34)38(32-19-11-4-12-20-32)37(35)31-17-9-3-10-18-31;1-3-13-23(14-4-1)25-17-7-10-20-28(25)31-29-21-11-8-18-26(29)27-19-9-12-22-30(27)32(31)24-15-5-2-6-16-24;1-3-11-23(12-4-1)24-19-21-25(22-20-24)31-29-17-9-7-15-27(29)28-16-8-10-18-30(28)32(31)26-13-5-2-6-14-26/h1-26H;2*1-22H. The van der Waals surface area contributed by atoms with E-state index in [4.69, 9.17) is 0 Å². The molecule has 0 N–H and O–H groups in total. The van der Waals surface area contributed by atoms with Gasteiger partial charge in [0.15, 0.2) is 0 Å². The molecule has 0 aromatic heterocycles. The van der Waals surface area contributed by atoms with E-state index in [0.717, 1.165) is 0 Å². The molecule has 102 heavy (non-hydrogen) atoms. The van der Waals surface area contributed by atoms with Gasteiger partial charge in [-0.25, -0.2) is 0 Å². The summed E-state index contributed by atoms with van der Waals surface area (Å²) in [7, 11) is 0. The highest BCUT2D eigenvalue weighted by molar-refractivity contribution is 6.92. The van der Waals surface area contributed by atoms with Crippen molar-refractivity contribution in [2.24, 2.45) is 0 Å². The van der Waals surface area contributed by atoms with Crippen molar-refractivity contribution in [1.29, 1.82) is 0 Å².